The predicted molar refractivity (Wildman–Crippen MR) is 54.7 cm³/mol. The van der Waals surface area contributed by atoms with Crippen LogP contribution in [0.1, 0.15) is 12.6 Å². The average Bonchev–Trinajstić information content (AvgIpc) is 2.61. The first-order valence-electron chi connectivity index (χ1n) is 4.48. The maximum Gasteiger partial charge on any atom is 0.0924 e. The Balaban J connectivity index is 2.64. The minimum absolute atomic E-state index is 0.112. The smallest absolute Gasteiger partial charge is 0.0924 e. The second-order valence-electron chi connectivity index (χ2n) is 3.69. The van der Waals surface area contributed by atoms with E-state index >= 15 is 0 Å². The van der Waals surface area contributed by atoms with Crippen LogP contribution in [0.5, 0.6) is 0 Å². The van der Waals surface area contributed by atoms with Crippen molar-refractivity contribution in [3.8, 4) is 0 Å². The number of benzene rings is 1. The molecule has 0 radical (unpaired) electrons. The number of hydrogen-bond acceptors (Lipinski definition) is 3. The average molecular weight is 191 g/mol. The summed E-state index contributed by atoms with van der Waals surface area (Å²) in [5.74, 6) is 0. The highest BCUT2D eigenvalue weighted by Crippen LogP contribution is 2.23. The molecular formula is C10H13N3O. The highest BCUT2D eigenvalue weighted by Gasteiger charge is 2.24. The third-order valence-corrected chi connectivity index (χ3v) is 2.36. The molecule has 1 heterocycles. The Morgan fingerprint density at radius 2 is 2.21 bits per heavy atom. The topological polar surface area (TPSA) is 74.9 Å². The highest BCUT2D eigenvalue weighted by molar-refractivity contribution is 5.82. The second-order valence-corrected chi connectivity index (χ2v) is 3.69. The van der Waals surface area contributed by atoms with Crippen LogP contribution in [-0.4, -0.2) is 21.9 Å². The molecular weight excluding hydrogens is 178 g/mol. The normalized spacial score (nSPS) is 15.6. The lowest BCUT2D eigenvalue weighted by Crippen LogP contribution is -2.37. The van der Waals surface area contributed by atoms with Gasteiger partial charge in [0.2, 0.25) is 0 Å². The molecule has 1 aromatic carbocycles. The van der Waals surface area contributed by atoms with Gasteiger partial charge in [-0.3, -0.25) is 5.10 Å². The van der Waals surface area contributed by atoms with E-state index in [1.807, 2.05) is 24.3 Å². The molecule has 0 bridgehead atoms. The SMILES string of the molecule is CC(N)(CO)c1[nH]nc2ccccc12. The van der Waals surface area contributed by atoms with Gasteiger partial charge in [0.25, 0.3) is 0 Å². The first-order chi connectivity index (χ1) is 6.65. The van der Waals surface area contributed by atoms with Crippen LogP contribution >= 0.6 is 0 Å². The van der Waals surface area contributed by atoms with Crippen molar-refractivity contribution >= 4 is 10.9 Å². The molecule has 4 N–H and O–H groups in total. The summed E-state index contributed by atoms with van der Waals surface area (Å²) < 4.78 is 0. The molecule has 0 fully saturated rings. The summed E-state index contributed by atoms with van der Waals surface area (Å²) >= 11 is 0. The molecule has 1 aromatic heterocycles. The molecule has 4 heteroatoms. The van der Waals surface area contributed by atoms with E-state index in [1.54, 1.807) is 6.92 Å². The van der Waals surface area contributed by atoms with Gasteiger partial charge in [0.05, 0.1) is 23.4 Å². The van der Waals surface area contributed by atoms with Crippen molar-refractivity contribution in [1.82, 2.24) is 10.2 Å². The van der Waals surface area contributed by atoms with Crippen molar-refractivity contribution in [3.63, 3.8) is 0 Å². The van der Waals surface area contributed by atoms with Crippen LogP contribution in [0.2, 0.25) is 0 Å². The zero-order valence-electron chi connectivity index (χ0n) is 7.99. The maximum absolute atomic E-state index is 9.15. The van der Waals surface area contributed by atoms with E-state index in [2.05, 4.69) is 10.2 Å². The molecule has 0 aliphatic rings. The highest BCUT2D eigenvalue weighted by atomic mass is 16.3. The number of rotatable bonds is 2. The van der Waals surface area contributed by atoms with Gasteiger partial charge >= 0.3 is 0 Å². The number of aliphatic hydroxyl groups is 1. The third kappa shape index (κ3) is 1.29. The van der Waals surface area contributed by atoms with Crippen LogP contribution in [0.4, 0.5) is 0 Å². The lowest BCUT2D eigenvalue weighted by atomic mass is 9.97. The molecule has 0 spiro atoms. The molecule has 1 atom stereocenters. The fourth-order valence-corrected chi connectivity index (χ4v) is 1.47. The number of para-hydroxylation sites is 1. The van der Waals surface area contributed by atoms with Crippen molar-refractivity contribution in [1.29, 1.82) is 0 Å². The van der Waals surface area contributed by atoms with E-state index in [4.69, 9.17) is 10.8 Å². The van der Waals surface area contributed by atoms with Gasteiger partial charge in [-0.2, -0.15) is 5.10 Å². The van der Waals surface area contributed by atoms with Gasteiger partial charge in [0, 0.05) is 5.39 Å². The number of aromatic amines is 1. The van der Waals surface area contributed by atoms with E-state index in [1.165, 1.54) is 0 Å². The summed E-state index contributed by atoms with van der Waals surface area (Å²) in [4.78, 5) is 0. The second kappa shape index (κ2) is 3.08. The fourth-order valence-electron chi connectivity index (χ4n) is 1.47. The molecule has 14 heavy (non-hydrogen) atoms. The number of fused-ring (bicyclic) bond motifs is 1. The molecule has 1 unspecified atom stereocenters. The lowest BCUT2D eigenvalue weighted by Gasteiger charge is -2.19. The number of H-pyrrole nitrogens is 1. The van der Waals surface area contributed by atoms with Crippen LogP contribution in [0.25, 0.3) is 10.9 Å². The number of nitrogens with two attached hydrogens (primary N) is 1. The van der Waals surface area contributed by atoms with Gasteiger partial charge in [-0.25, -0.2) is 0 Å². The minimum atomic E-state index is -0.768. The molecule has 74 valence electrons. The Bertz CT molecular complexity index is 447. The molecule has 0 aliphatic carbocycles. The lowest BCUT2D eigenvalue weighted by molar-refractivity contribution is 0.207. The number of nitrogens with one attached hydrogen (secondary N) is 1. The summed E-state index contributed by atoms with van der Waals surface area (Å²) in [7, 11) is 0. The van der Waals surface area contributed by atoms with Gasteiger partial charge in [-0.05, 0) is 13.0 Å². The summed E-state index contributed by atoms with van der Waals surface area (Å²) in [6.45, 7) is 1.66. The van der Waals surface area contributed by atoms with Crippen molar-refractivity contribution < 1.29 is 5.11 Å². The van der Waals surface area contributed by atoms with E-state index in [-0.39, 0.29) is 6.61 Å². The molecule has 0 saturated carbocycles. The van der Waals surface area contributed by atoms with Gasteiger partial charge in [0.1, 0.15) is 0 Å². The van der Waals surface area contributed by atoms with Crippen molar-refractivity contribution in [3.05, 3.63) is 30.0 Å². The largest absolute Gasteiger partial charge is 0.394 e. The van der Waals surface area contributed by atoms with Crippen molar-refractivity contribution in [2.75, 3.05) is 6.61 Å². The molecule has 4 nitrogen and oxygen atoms in total. The van der Waals surface area contributed by atoms with Crippen LogP contribution < -0.4 is 5.73 Å². The number of aliphatic hydroxyl groups excluding tert-OH is 1. The Labute approximate surface area is 81.7 Å². The zero-order valence-corrected chi connectivity index (χ0v) is 7.99. The quantitative estimate of drug-likeness (QED) is 0.655. The van der Waals surface area contributed by atoms with Gasteiger partial charge < -0.3 is 10.8 Å². The molecule has 0 amide bonds. The van der Waals surface area contributed by atoms with Crippen molar-refractivity contribution in [2.24, 2.45) is 5.73 Å². The monoisotopic (exact) mass is 191 g/mol. The van der Waals surface area contributed by atoms with E-state index < -0.39 is 5.54 Å². The van der Waals surface area contributed by atoms with Gasteiger partial charge in [-0.15, -0.1) is 0 Å². The Hall–Kier alpha value is -1.39. The standard InChI is InChI=1S/C10H13N3O/c1-10(11,6-14)9-7-4-2-3-5-8(7)12-13-9/h2-5,14H,6,11H2,1H3,(H,12,13). The first-order valence-corrected chi connectivity index (χ1v) is 4.48. The van der Waals surface area contributed by atoms with Gasteiger partial charge in [-0.1, -0.05) is 18.2 Å². The van der Waals surface area contributed by atoms with E-state index in [0.717, 1.165) is 16.6 Å². The third-order valence-electron chi connectivity index (χ3n) is 2.36. The van der Waals surface area contributed by atoms with Crippen LogP contribution in [0.15, 0.2) is 24.3 Å². The van der Waals surface area contributed by atoms with E-state index in [0.29, 0.717) is 0 Å². The van der Waals surface area contributed by atoms with Crippen LogP contribution in [-0.2, 0) is 5.54 Å². The first kappa shape index (κ1) is 9.18. The van der Waals surface area contributed by atoms with Gasteiger partial charge in [0.15, 0.2) is 0 Å². The fraction of sp³-hybridized carbons (Fsp3) is 0.300. The molecule has 0 aliphatic heterocycles. The molecule has 2 rings (SSSR count). The summed E-state index contributed by atoms with van der Waals surface area (Å²) in [5, 5.41) is 17.1. The van der Waals surface area contributed by atoms with Crippen LogP contribution in [0, 0.1) is 0 Å². The van der Waals surface area contributed by atoms with Crippen molar-refractivity contribution in [2.45, 2.75) is 12.5 Å². The molecule has 0 saturated heterocycles. The maximum atomic E-state index is 9.15. The Morgan fingerprint density at radius 3 is 2.93 bits per heavy atom. The van der Waals surface area contributed by atoms with Crippen LogP contribution in [0.3, 0.4) is 0 Å². The number of hydrogen-bond donors (Lipinski definition) is 3. The Kier molecular flexibility index (Phi) is 2.02. The number of nitrogens with zero attached hydrogens (tertiary/aromatic N) is 1. The molecule has 2 aromatic rings. The summed E-state index contributed by atoms with van der Waals surface area (Å²) in [5.41, 5.74) is 6.80. The number of aromatic nitrogens is 2. The summed E-state index contributed by atoms with van der Waals surface area (Å²) in [6, 6.07) is 7.69. The minimum Gasteiger partial charge on any atom is -0.394 e. The zero-order chi connectivity index (χ0) is 10.2. The Morgan fingerprint density at radius 1 is 1.50 bits per heavy atom. The van der Waals surface area contributed by atoms with E-state index in [9.17, 15) is 0 Å². The predicted octanol–water partition coefficient (Wildman–Crippen LogP) is 0.729. The summed E-state index contributed by atoms with van der Waals surface area (Å²) in [6.07, 6.45) is 0.